The Morgan fingerprint density at radius 2 is 2.07 bits per heavy atom. The highest BCUT2D eigenvalue weighted by atomic mass is 16.4. The third kappa shape index (κ3) is 5.26. The number of amides is 2. The molecule has 2 aromatic heterocycles. The number of carbonyl (C=O) groups is 1. The Balaban J connectivity index is 1.59. The fourth-order valence-corrected chi connectivity index (χ4v) is 3.35. The number of aryl methyl sites for hydroxylation is 1. The van der Waals surface area contributed by atoms with Crippen molar-refractivity contribution >= 4 is 6.03 Å². The first kappa shape index (κ1) is 19.3. The van der Waals surface area contributed by atoms with E-state index in [-0.39, 0.29) is 12.1 Å². The predicted octanol–water partition coefficient (Wildman–Crippen LogP) is 2.40. The highest BCUT2D eigenvalue weighted by Crippen LogP contribution is 2.23. The molecule has 2 amide bonds. The van der Waals surface area contributed by atoms with E-state index in [9.17, 15) is 4.79 Å². The van der Waals surface area contributed by atoms with E-state index in [1.165, 1.54) is 19.3 Å². The number of piperidine rings is 1. The van der Waals surface area contributed by atoms with E-state index in [2.05, 4.69) is 31.5 Å². The SMILES string of the molecule is CCc1nnc(CN(C)C(=O)NCC(c2cccnc2)N2CCCCC2)o1. The summed E-state index contributed by atoms with van der Waals surface area (Å²) >= 11 is 0. The maximum atomic E-state index is 12.5. The van der Waals surface area contributed by atoms with Gasteiger partial charge in [-0.25, -0.2) is 4.79 Å². The number of nitrogens with one attached hydrogen (secondary N) is 1. The van der Waals surface area contributed by atoms with Crippen LogP contribution in [0.4, 0.5) is 4.79 Å². The molecule has 0 saturated carbocycles. The second-order valence-corrected chi connectivity index (χ2v) is 6.88. The number of hydrogen-bond donors (Lipinski definition) is 1. The summed E-state index contributed by atoms with van der Waals surface area (Å²) in [7, 11) is 1.73. The topological polar surface area (TPSA) is 87.4 Å². The molecule has 1 N–H and O–H groups in total. The number of nitrogens with zero attached hydrogens (tertiary/aromatic N) is 5. The van der Waals surface area contributed by atoms with Gasteiger partial charge in [0.2, 0.25) is 11.8 Å². The molecule has 1 fully saturated rings. The van der Waals surface area contributed by atoms with Crippen molar-refractivity contribution in [3.63, 3.8) is 0 Å². The van der Waals surface area contributed by atoms with E-state index < -0.39 is 0 Å². The Hall–Kier alpha value is -2.48. The van der Waals surface area contributed by atoms with Gasteiger partial charge in [-0.2, -0.15) is 0 Å². The molecule has 0 spiro atoms. The van der Waals surface area contributed by atoms with Crippen LogP contribution in [0.2, 0.25) is 0 Å². The summed E-state index contributed by atoms with van der Waals surface area (Å²) < 4.78 is 5.48. The molecule has 0 radical (unpaired) electrons. The summed E-state index contributed by atoms with van der Waals surface area (Å²) in [6, 6.07) is 4.00. The molecule has 0 aromatic carbocycles. The van der Waals surface area contributed by atoms with E-state index in [0.29, 0.717) is 31.3 Å². The van der Waals surface area contributed by atoms with Crippen LogP contribution in [0.5, 0.6) is 0 Å². The van der Waals surface area contributed by atoms with Gasteiger partial charge in [-0.3, -0.25) is 9.88 Å². The molecule has 8 nitrogen and oxygen atoms in total. The van der Waals surface area contributed by atoms with Crippen molar-refractivity contribution in [2.24, 2.45) is 0 Å². The van der Waals surface area contributed by atoms with Gasteiger partial charge in [0.05, 0.1) is 6.04 Å². The Morgan fingerprint density at radius 1 is 1.30 bits per heavy atom. The van der Waals surface area contributed by atoms with Crippen molar-refractivity contribution < 1.29 is 9.21 Å². The number of hydrogen-bond acceptors (Lipinski definition) is 6. The van der Waals surface area contributed by atoms with Crippen LogP contribution in [0, 0.1) is 0 Å². The minimum absolute atomic E-state index is 0.131. The largest absolute Gasteiger partial charge is 0.423 e. The Bertz CT molecular complexity index is 714. The molecule has 2 aromatic rings. The van der Waals surface area contributed by atoms with Gasteiger partial charge in [-0.1, -0.05) is 19.4 Å². The van der Waals surface area contributed by atoms with Crippen LogP contribution in [-0.4, -0.2) is 57.7 Å². The van der Waals surface area contributed by atoms with Crippen LogP contribution >= 0.6 is 0 Å². The normalized spacial score (nSPS) is 16.1. The lowest BCUT2D eigenvalue weighted by atomic mass is 10.0. The van der Waals surface area contributed by atoms with Gasteiger partial charge in [0, 0.05) is 32.4 Å². The fraction of sp³-hybridized carbons (Fsp3) is 0.579. The Labute approximate surface area is 160 Å². The third-order valence-electron chi connectivity index (χ3n) is 4.88. The van der Waals surface area contributed by atoms with Gasteiger partial charge in [0.15, 0.2) is 0 Å². The smallest absolute Gasteiger partial charge is 0.317 e. The molecule has 0 bridgehead atoms. The van der Waals surface area contributed by atoms with Crippen molar-refractivity contribution in [2.75, 3.05) is 26.7 Å². The maximum absolute atomic E-state index is 12.5. The van der Waals surface area contributed by atoms with Crippen LogP contribution in [0.3, 0.4) is 0 Å². The zero-order chi connectivity index (χ0) is 19.1. The lowest BCUT2D eigenvalue weighted by molar-refractivity contribution is 0.155. The molecule has 1 aliphatic rings. The lowest BCUT2D eigenvalue weighted by Crippen LogP contribution is -2.44. The van der Waals surface area contributed by atoms with Gasteiger partial charge >= 0.3 is 6.03 Å². The van der Waals surface area contributed by atoms with Gasteiger partial charge in [-0.15, -0.1) is 10.2 Å². The number of rotatable bonds is 7. The molecule has 1 aliphatic heterocycles. The molecule has 3 rings (SSSR count). The molecule has 1 saturated heterocycles. The minimum atomic E-state index is -0.155. The first-order valence-electron chi connectivity index (χ1n) is 9.61. The second-order valence-electron chi connectivity index (χ2n) is 6.88. The van der Waals surface area contributed by atoms with E-state index >= 15 is 0 Å². The van der Waals surface area contributed by atoms with E-state index in [1.807, 2.05) is 19.2 Å². The summed E-state index contributed by atoms with van der Waals surface area (Å²) in [5.41, 5.74) is 1.13. The number of carbonyl (C=O) groups excluding carboxylic acids is 1. The quantitative estimate of drug-likeness (QED) is 0.803. The summed E-state index contributed by atoms with van der Waals surface area (Å²) in [5, 5.41) is 11.0. The van der Waals surface area contributed by atoms with Gasteiger partial charge in [0.25, 0.3) is 0 Å². The monoisotopic (exact) mass is 372 g/mol. The van der Waals surface area contributed by atoms with Crippen LogP contribution < -0.4 is 5.32 Å². The third-order valence-corrected chi connectivity index (χ3v) is 4.88. The maximum Gasteiger partial charge on any atom is 0.317 e. The molecular formula is C19H28N6O2. The van der Waals surface area contributed by atoms with Gasteiger partial charge in [0.1, 0.15) is 6.54 Å². The molecule has 1 unspecified atom stereocenters. The van der Waals surface area contributed by atoms with Crippen molar-refractivity contribution in [3.05, 3.63) is 41.9 Å². The van der Waals surface area contributed by atoms with Crippen molar-refractivity contribution in [1.29, 1.82) is 0 Å². The van der Waals surface area contributed by atoms with Gasteiger partial charge in [-0.05, 0) is 37.6 Å². The van der Waals surface area contributed by atoms with Crippen LogP contribution in [0.1, 0.15) is 49.6 Å². The summed E-state index contributed by atoms with van der Waals surface area (Å²) in [4.78, 5) is 20.8. The highest BCUT2D eigenvalue weighted by Gasteiger charge is 2.24. The first-order chi connectivity index (χ1) is 13.2. The van der Waals surface area contributed by atoms with Crippen molar-refractivity contribution in [3.8, 4) is 0 Å². The average Bonchev–Trinajstić information content (AvgIpc) is 3.17. The Kier molecular flexibility index (Phi) is 6.75. The summed E-state index contributed by atoms with van der Waals surface area (Å²) in [5.74, 6) is 1.03. The zero-order valence-electron chi connectivity index (χ0n) is 16.1. The first-order valence-corrected chi connectivity index (χ1v) is 9.61. The van der Waals surface area contributed by atoms with Crippen LogP contribution in [0.15, 0.2) is 28.9 Å². The number of aromatic nitrogens is 3. The summed E-state index contributed by atoms with van der Waals surface area (Å²) in [6.07, 6.45) is 8.02. The number of pyridine rings is 1. The highest BCUT2D eigenvalue weighted by molar-refractivity contribution is 5.73. The zero-order valence-corrected chi connectivity index (χ0v) is 16.1. The predicted molar refractivity (Wildman–Crippen MR) is 101 cm³/mol. The molecule has 8 heteroatoms. The number of urea groups is 1. The fourth-order valence-electron chi connectivity index (χ4n) is 3.35. The van der Waals surface area contributed by atoms with E-state index in [4.69, 9.17) is 4.42 Å². The molecule has 27 heavy (non-hydrogen) atoms. The average molecular weight is 372 g/mol. The molecule has 3 heterocycles. The molecule has 0 aliphatic carbocycles. The minimum Gasteiger partial charge on any atom is -0.423 e. The number of likely N-dealkylation sites (tertiary alicyclic amines) is 1. The second kappa shape index (κ2) is 9.45. The van der Waals surface area contributed by atoms with E-state index in [1.54, 1.807) is 18.1 Å². The molecule has 1 atom stereocenters. The van der Waals surface area contributed by atoms with Crippen molar-refractivity contribution in [2.45, 2.75) is 45.2 Å². The molecular weight excluding hydrogens is 344 g/mol. The van der Waals surface area contributed by atoms with Crippen molar-refractivity contribution in [1.82, 2.24) is 30.3 Å². The van der Waals surface area contributed by atoms with Gasteiger partial charge < -0.3 is 14.6 Å². The molecule has 146 valence electrons. The lowest BCUT2D eigenvalue weighted by Gasteiger charge is -2.35. The Morgan fingerprint density at radius 3 is 2.74 bits per heavy atom. The standard InChI is InChI=1S/C19H28N6O2/c1-3-17-22-23-18(27-17)14-24(2)19(26)21-13-16(15-8-7-9-20-12-15)25-10-5-4-6-11-25/h7-9,12,16H,3-6,10-11,13-14H2,1-2H3,(H,21,26). The van der Waals surface area contributed by atoms with E-state index in [0.717, 1.165) is 18.7 Å². The van der Waals surface area contributed by atoms with Crippen LogP contribution in [-0.2, 0) is 13.0 Å². The van der Waals surface area contributed by atoms with Crippen LogP contribution in [0.25, 0.3) is 0 Å². The summed E-state index contributed by atoms with van der Waals surface area (Å²) in [6.45, 7) is 4.88.